The number of amides is 1. The molecule has 0 radical (unpaired) electrons. The molecule has 44 valence electrons. The zero-order valence-electron chi connectivity index (χ0n) is 4.90. The van der Waals surface area contributed by atoms with E-state index in [9.17, 15) is 4.79 Å². The molecule has 0 heterocycles. The summed E-state index contributed by atoms with van der Waals surface area (Å²) in [5.74, 6) is -0.613. The lowest BCUT2D eigenvalue weighted by atomic mass is 10.3. The molecule has 0 atom stereocenters. The van der Waals surface area contributed by atoms with Gasteiger partial charge in [-0.05, 0) is 6.58 Å². The minimum absolute atomic E-state index is 0.0751. The van der Waals surface area contributed by atoms with Crippen LogP contribution in [0.5, 0.6) is 0 Å². The Morgan fingerprint density at radius 3 is 2.56 bits per heavy atom. The summed E-state index contributed by atoms with van der Waals surface area (Å²) >= 11 is 0. The van der Waals surface area contributed by atoms with Gasteiger partial charge in [-0.25, -0.2) is 4.79 Å². The molecule has 0 unspecified atom stereocenters. The molecule has 1 amide bonds. The molecular formula is C7H6NO+. The number of rotatable bonds is 2. The number of hydrogen-bond acceptors (Lipinski definition) is 1. The summed E-state index contributed by atoms with van der Waals surface area (Å²) in [6.07, 6.45) is 2.34. The highest BCUT2D eigenvalue weighted by Crippen LogP contribution is 1.84. The summed E-state index contributed by atoms with van der Waals surface area (Å²) in [7, 11) is 0. The maximum absolute atomic E-state index is 10.2. The van der Waals surface area contributed by atoms with Gasteiger partial charge in [-0.15, -0.1) is 0 Å². The average molecular weight is 120 g/mol. The first-order valence-corrected chi connectivity index (χ1v) is 2.20. The topological polar surface area (TPSA) is 43.1 Å². The van der Waals surface area contributed by atoms with Crippen molar-refractivity contribution in [2.75, 3.05) is 0 Å². The lowest BCUT2D eigenvalue weighted by molar-refractivity contribution is -0.114. The van der Waals surface area contributed by atoms with Crippen LogP contribution in [0.2, 0.25) is 0 Å². The van der Waals surface area contributed by atoms with Crippen LogP contribution in [0.3, 0.4) is 0 Å². The van der Waals surface area contributed by atoms with Crippen LogP contribution in [-0.4, -0.2) is 5.91 Å². The summed E-state index contributed by atoms with van der Waals surface area (Å²) in [5, 5.41) is 0. The molecule has 2 heteroatoms. The summed E-state index contributed by atoms with van der Waals surface area (Å²) < 4.78 is 0. The SMILES string of the molecule is C=C=C=[C+]C(=C)C(N)=O. The Bertz CT molecular complexity index is 215. The summed E-state index contributed by atoms with van der Waals surface area (Å²) in [6.45, 7) is 6.48. The summed E-state index contributed by atoms with van der Waals surface area (Å²) in [5.41, 5.74) is 9.45. The van der Waals surface area contributed by atoms with Gasteiger partial charge in [0.05, 0.1) is 6.08 Å². The Balaban J connectivity index is 4.26. The van der Waals surface area contributed by atoms with Crippen LogP contribution in [0.1, 0.15) is 0 Å². The van der Waals surface area contributed by atoms with Crippen LogP contribution in [0, 0.1) is 6.08 Å². The van der Waals surface area contributed by atoms with Crippen molar-refractivity contribution in [3.8, 4) is 0 Å². The highest BCUT2D eigenvalue weighted by atomic mass is 16.1. The van der Waals surface area contributed by atoms with E-state index in [4.69, 9.17) is 5.73 Å². The molecule has 2 N–H and O–H groups in total. The van der Waals surface area contributed by atoms with E-state index in [0.717, 1.165) is 0 Å². The average Bonchev–Trinajstić information content (AvgIpc) is 1.82. The first-order valence-electron chi connectivity index (χ1n) is 2.20. The first-order chi connectivity index (χ1) is 4.18. The molecule has 0 aliphatic heterocycles. The number of carbonyl (C=O) groups is 1. The third kappa shape index (κ3) is 3.04. The van der Waals surface area contributed by atoms with E-state index in [1.165, 1.54) is 0 Å². The van der Waals surface area contributed by atoms with Gasteiger partial charge in [0.2, 0.25) is 5.57 Å². The molecule has 9 heavy (non-hydrogen) atoms. The van der Waals surface area contributed by atoms with Crippen molar-refractivity contribution in [3.63, 3.8) is 0 Å². The van der Waals surface area contributed by atoms with E-state index in [1.54, 1.807) is 0 Å². The normalized spacial score (nSPS) is 6.22. The van der Waals surface area contributed by atoms with E-state index >= 15 is 0 Å². The Kier molecular flexibility index (Phi) is 2.82. The van der Waals surface area contributed by atoms with Gasteiger partial charge in [-0.3, -0.25) is 0 Å². The second-order valence-corrected chi connectivity index (χ2v) is 1.27. The van der Waals surface area contributed by atoms with Crippen molar-refractivity contribution in [2.45, 2.75) is 0 Å². The van der Waals surface area contributed by atoms with E-state index in [1.807, 2.05) is 0 Å². The third-order valence-corrected chi connectivity index (χ3v) is 0.599. The van der Waals surface area contributed by atoms with Gasteiger partial charge < -0.3 is 5.73 Å². The maximum Gasteiger partial charge on any atom is 0.340 e. The number of nitrogens with two attached hydrogens (primary N) is 1. The van der Waals surface area contributed by atoms with E-state index in [2.05, 4.69) is 30.7 Å². The monoisotopic (exact) mass is 120 g/mol. The minimum atomic E-state index is -0.613. The van der Waals surface area contributed by atoms with Crippen molar-refractivity contribution in [3.05, 3.63) is 36.3 Å². The van der Waals surface area contributed by atoms with Crippen molar-refractivity contribution in [2.24, 2.45) is 5.73 Å². The molecule has 0 aliphatic carbocycles. The second-order valence-electron chi connectivity index (χ2n) is 1.27. The fourth-order valence-corrected chi connectivity index (χ4v) is 0.181. The van der Waals surface area contributed by atoms with Crippen molar-refractivity contribution >= 4 is 5.91 Å². The molecule has 0 saturated heterocycles. The lowest BCUT2D eigenvalue weighted by Crippen LogP contribution is -2.11. The Morgan fingerprint density at radius 1 is 1.67 bits per heavy atom. The molecule has 0 saturated carbocycles. The van der Waals surface area contributed by atoms with Crippen LogP contribution in [-0.2, 0) is 4.79 Å². The third-order valence-electron chi connectivity index (χ3n) is 0.599. The van der Waals surface area contributed by atoms with Gasteiger partial charge >= 0.3 is 5.91 Å². The Morgan fingerprint density at radius 2 is 2.22 bits per heavy atom. The highest BCUT2D eigenvalue weighted by Gasteiger charge is 2.03. The minimum Gasteiger partial charge on any atom is -0.325 e. The molecule has 0 spiro atoms. The van der Waals surface area contributed by atoms with Gasteiger partial charge in [-0.1, -0.05) is 0 Å². The zero-order valence-corrected chi connectivity index (χ0v) is 4.90. The number of primary amides is 1. The van der Waals surface area contributed by atoms with Crippen LogP contribution >= 0.6 is 0 Å². The second kappa shape index (κ2) is 3.43. The van der Waals surface area contributed by atoms with Crippen molar-refractivity contribution in [1.82, 2.24) is 0 Å². The predicted molar refractivity (Wildman–Crippen MR) is 34.2 cm³/mol. The first kappa shape index (κ1) is 7.42. The van der Waals surface area contributed by atoms with E-state index < -0.39 is 5.91 Å². The Labute approximate surface area is 53.7 Å². The number of hydrogen-bond donors (Lipinski definition) is 1. The van der Waals surface area contributed by atoms with Crippen LogP contribution in [0.25, 0.3) is 0 Å². The van der Waals surface area contributed by atoms with Gasteiger partial charge in [0.25, 0.3) is 0 Å². The van der Waals surface area contributed by atoms with E-state index in [0.29, 0.717) is 0 Å². The highest BCUT2D eigenvalue weighted by molar-refractivity contribution is 5.92. The van der Waals surface area contributed by atoms with Gasteiger partial charge in [0.15, 0.2) is 0 Å². The van der Waals surface area contributed by atoms with Crippen LogP contribution in [0.4, 0.5) is 0 Å². The van der Waals surface area contributed by atoms with E-state index in [-0.39, 0.29) is 5.57 Å². The van der Waals surface area contributed by atoms with Gasteiger partial charge in [0, 0.05) is 12.3 Å². The molecule has 0 bridgehead atoms. The molecule has 0 aromatic heterocycles. The smallest absolute Gasteiger partial charge is 0.325 e. The Hall–Kier alpha value is -1.58. The largest absolute Gasteiger partial charge is 0.340 e. The number of carbonyl (C=O) groups excluding carboxylic acids is 1. The predicted octanol–water partition coefficient (Wildman–Crippen LogP) is 0.327. The van der Waals surface area contributed by atoms with Crippen LogP contribution in [0.15, 0.2) is 30.2 Å². The summed E-state index contributed by atoms with van der Waals surface area (Å²) in [4.78, 5) is 10.2. The molecule has 0 fully saturated rings. The van der Waals surface area contributed by atoms with Gasteiger partial charge in [-0.2, -0.15) is 0 Å². The molecule has 0 rings (SSSR count). The molecule has 0 aliphatic rings. The molecular weight excluding hydrogens is 114 g/mol. The molecule has 0 aromatic rings. The fraction of sp³-hybridized carbons (Fsp3) is 0. The fourth-order valence-electron chi connectivity index (χ4n) is 0.181. The van der Waals surface area contributed by atoms with Crippen LogP contribution < -0.4 is 5.73 Å². The summed E-state index contributed by atoms with van der Waals surface area (Å²) in [6, 6.07) is 0. The quantitative estimate of drug-likeness (QED) is 0.242. The van der Waals surface area contributed by atoms with Crippen molar-refractivity contribution < 1.29 is 4.79 Å². The molecule has 0 aromatic carbocycles. The van der Waals surface area contributed by atoms with Crippen molar-refractivity contribution in [1.29, 1.82) is 0 Å². The zero-order chi connectivity index (χ0) is 7.28. The maximum atomic E-state index is 10.2. The van der Waals surface area contributed by atoms with Gasteiger partial charge in [0.1, 0.15) is 5.73 Å². The standard InChI is InChI=1S/C7H5NO/c1-3-4-5-6(2)7(8)9/h1-2H2,(H-,8,9)/p+1. The molecule has 2 nitrogen and oxygen atoms in total. The lowest BCUT2D eigenvalue weighted by Gasteiger charge is -1.73.